The summed E-state index contributed by atoms with van der Waals surface area (Å²) in [5.74, 6) is 0.993. The van der Waals surface area contributed by atoms with Crippen LogP contribution in [-0.4, -0.2) is 49.4 Å². The first-order valence-electron chi connectivity index (χ1n) is 5.09. The number of hydrogen-bond acceptors (Lipinski definition) is 5. The molecule has 0 unspecified atom stereocenters. The second-order valence-electron chi connectivity index (χ2n) is 3.66. The van der Waals surface area contributed by atoms with E-state index in [0.29, 0.717) is 0 Å². The van der Waals surface area contributed by atoms with Crippen LogP contribution in [0.5, 0.6) is 0 Å². The van der Waals surface area contributed by atoms with Crippen molar-refractivity contribution in [3.63, 3.8) is 0 Å². The topological polar surface area (TPSA) is 41.3 Å². The molecule has 1 aromatic heterocycles. The van der Waals surface area contributed by atoms with Gasteiger partial charge in [-0.05, 0) is 21.0 Å². The number of nitrogens with one attached hydrogen (secondary N) is 1. The standard InChI is InChI=1S/C10H19N3OS/c1-9-8-14-10(12-9)15-7-5-11-4-6-13(2)3/h8,11H,4-7H2,1-3H3. The molecule has 0 aliphatic rings. The zero-order valence-corrected chi connectivity index (χ0v) is 10.4. The Morgan fingerprint density at radius 2 is 2.27 bits per heavy atom. The molecule has 0 spiro atoms. The Hall–Kier alpha value is -0.520. The molecule has 5 heteroatoms. The number of aryl methyl sites for hydroxylation is 1. The predicted octanol–water partition coefficient (Wildman–Crippen LogP) is 1.23. The van der Waals surface area contributed by atoms with Crippen LogP contribution in [0, 0.1) is 6.92 Å². The van der Waals surface area contributed by atoms with Crippen LogP contribution in [0.25, 0.3) is 0 Å². The Kier molecular flexibility index (Phi) is 5.75. The maximum absolute atomic E-state index is 5.22. The van der Waals surface area contributed by atoms with Crippen molar-refractivity contribution in [2.75, 3.05) is 39.5 Å². The van der Waals surface area contributed by atoms with Crippen LogP contribution in [0.4, 0.5) is 0 Å². The first-order chi connectivity index (χ1) is 7.18. The molecule has 0 atom stereocenters. The van der Waals surface area contributed by atoms with E-state index < -0.39 is 0 Å². The molecule has 0 saturated carbocycles. The third-order valence-corrected chi connectivity index (χ3v) is 2.68. The maximum atomic E-state index is 5.22. The fourth-order valence-electron chi connectivity index (χ4n) is 1.04. The number of rotatable bonds is 7. The largest absolute Gasteiger partial charge is 0.440 e. The summed E-state index contributed by atoms with van der Waals surface area (Å²) >= 11 is 1.65. The summed E-state index contributed by atoms with van der Waals surface area (Å²) in [6, 6.07) is 0. The van der Waals surface area contributed by atoms with Crippen molar-refractivity contribution in [1.82, 2.24) is 15.2 Å². The van der Waals surface area contributed by atoms with E-state index in [9.17, 15) is 0 Å². The summed E-state index contributed by atoms with van der Waals surface area (Å²) in [7, 11) is 4.15. The van der Waals surface area contributed by atoms with E-state index >= 15 is 0 Å². The molecule has 0 aliphatic carbocycles. The van der Waals surface area contributed by atoms with Crippen molar-refractivity contribution in [1.29, 1.82) is 0 Å². The van der Waals surface area contributed by atoms with Crippen LogP contribution in [0.2, 0.25) is 0 Å². The van der Waals surface area contributed by atoms with E-state index in [1.54, 1.807) is 18.0 Å². The molecule has 15 heavy (non-hydrogen) atoms. The monoisotopic (exact) mass is 229 g/mol. The van der Waals surface area contributed by atoms with E-state index in [1.807, 2.05) is 6.92 Å². The third-order valence-electron chi connectivity index (χ3n) is 1.84. The quantitative estimate of drug-likeness (QED) is 0.562. The minimum absolute atomic E-state index is 0.766. The first kappa shape index (κ1) is 12.5. The summed E-state index contributed by atoms with van der Waals surface area (Å²) in [5.41, 5.74) is 0.943. The second-order valence-corrected chi connectivity index (χ2v) is 4.70. The van der Waals surface area contributed by atoms with Gasteiger partial charge in [0.25, 0.3) is 5.22 Å². The van der Waals surface area contributed by atoms with Crippen molar-refractivity contribution in [2.45, 2.75) is 12.1 Å². The highest BCUT2D eigenvalue weighted by Gasteiger charge is 2.00. The third kappa shape index (κ3) is 5.81. The Bertz CT molecular complexity index is 275. The van der Waals surface area contributed by atoms with Gasteiger partial charge in [-0.25, -0.2) is 4.98 Å². The minimum atomic E-state index is 0.766. The van der Waals surface area contributed by atoms with Gasteiger partial charge in [0.1, 0.15) is 6.26 Å². The Labute approximate surface area is 95.4 Å². The Balaban J connectivity index is 1.98. The highest BCUT2D eigenvalue weighted by atomic mass is 32.2. The van der Waals surface area contributed by atoms with Gasteiger partial charge in [0.2, 0.25) is 0 Å². The van der Waals surface area contributed by atoms with Gasteiger partial charge in [0.15, 0.2) is 0 Å². The lowest BCUT2D eigenvalue weighted by Crippen LogP contribution is -2.27. The first-order valence-corrected chi connectivity index (χ1v) is 6.07. The number of oxazole rings is 1. The molecule has 0 bridgehead atoms. The fourth-order valence-corrected chi connectivity index (χ4v) is 1.78. The molecule has 1 heterocycles. The van der Waals surface area contributed by atoms with Crippen molar-refractivity contribution >= 4 is 11.8 Å². The zero-order valence-electron chi connectivity index (χ0n) is 9.62. The van der Waals surface area contributed by atoms with E-state index in [1.165, 1.54) is 0 Å². The summed E-state index contributed by atoms with van der Waals surface area (Å²) in [6.45, 7) is 5.02. The van der Waals surface area contributed by atoms with Crippen molar-refractivity contribution in [3.05, 3.63) is 12.0 Å². The minimum Gasteiger partial charge on any atom is -0.440 e. The van der Waals surface area contributed by atoms with Crippen LogP contribution in [-0.2, 0) is 0 Å². The van der Waals surface area contributed by atoms with Crippen LogP contribution in [0.3, 0.4) is 0 Å². The number of likely N-dealkylation sites (N-methyl/N-ethyl adjacent to an activating group) is 1. The summed E-state index contributed by atoms with van der Waals surface area (Å²) in [5, 5.41) is 4.13. The average molecular weight is 229 g/mol. The maximum Gasteiger partial charge on any atom is 0.255 e. The molecule has 0 aliphatic heterocycles. The highest BCUT2D eigenvalue weighted by molar-refractivity contribution is 7.99. The van der Waals surface area contributed by atoms with Gasteiger partial charge in [0.05, 0.1) is 5.69 Å². The zero-order chi connectivity index (χ0) is 11.1. The summed E-state index contributed by atoms with van der Waals surface area (Å²) < 4.78 is 5.22. The van der Waals surface area contributed by atoms with Crippen molar-refractivity contribution in [3.8, 4) is 0 Å². The Morgan fingerprint density at radius 3 is 2.87 bits per heavy atom. The van der Waals surface area contributed by atoms with Crippen LogP contribution < -0.4 is 5.32 Å². The van der Waals surface area contributed by atoms with E-state index in [-0.39, 0.29) is 0 Å². The summed E-state index contributed by atoms with van der Waals surface area (Å²) in [4.78, 5) is 6.38. The number of aromatic nitrogens is 1. The van der Waals surface area contributed by atoms with Crippen LogP contribution in [0.1, 0.15) is 5.69 Å². The second kappa shape index (κ2) is 6.87. The molecule has 1 rings (SSSR count). The van der Waals surface area contributed by atoms with Gasteiger partial charge in [-0.15, -0.1) is 0 Å². The SMILES string of the molecule is Cc1coc(SCCNCCN(C)C)n1. The molecule has 4 nitrogen and oxygen atoms in total. The molecule has 1 N–H and O–H groups in total. The Morgan fingerprint density at radius 1 is 1.47 bits per heavy atom. The molecular weight excluding hydrogens is 210 g/mol. The highest BCUT2D eigenvalue weighted by Crippen LogP contribution is 2.15. The van der Waals surface area contributed by atoms with Gasteiger partial charge in [-0.1, -0.05) is 11.8 Å². The van der Waals surface area contributed by atoms with Gasteiger partial charge >= 0.3 is 0 Å². The van der Waals surface area contributed by atoms with E-state index in [4.69, 9.17) is 4.42 Å². The van der Waals surface area contributed by atoms with Crippen molar-refractivity contribution < 1.29 is 4.42 Å². The lowest BCUT2D eigenvalue weighted by Gasteiger charge is -2.09. The van der Waals surface area contributed by atoms with Gasteiger partial charge in [0, 0.05) is 25.4 Å². The number of hydrogen-bond donors (Lipinski definition) is 1. The molecular formula is C10H19N3OS. The number of nitrogens with zero attached hydrogens (tertiary/aromatic N) is 2. The van der Waals surface area contributed by atoms with Crippen LogP contribution in [0.15, 0.2) is 15.9 Å². The number of thioether (sulfide) groups is 1. The molecule has 0 saturated heterocycles. The molecule has 86 valence electrons. The molecule has 0 fully saturated rings. The fraction of sp³-hybridized carbons (Fsp3) is 0.700. The molecule has 0 radical (unpaired) electrons. The smallest absolute Gasteiger partial charge is 0.255 e. The van der Waals surface area contributed by atoms with Crippen LogP contribution >= 0.6 is 11.8 Å². The van der Waals surface area contributed by atoms with Crippen molar-refractivity contribution in [2.24, 2.45) is 0 Å². The molecule has 0 aromatic carbocycles. The molecule has 0 amide bonds. The predicted molar refractivity (Wildman–Crippen MR) is 63.4 cm³/mol. The lowest BCUT2D eigenvalue weighted by molar-refractivity contribution is 0.403. The van der Waals surface area contributed by atoms with Gasteiger partial charge < -0.3 is 14.6 Å². The summed E-state index contributed by atoms with van der Waals surface area (Å²) in [6.07, 6.45) is 1.68. The van der Waals surface area contributed by atoms with Gasteiger partial charge in [-0.2, -0.15) is 0 Å². The normalized spacial score (nSPS) is 11.2. The van der Waals surface area contributed by atoms with E-state index in [0.717, 1.165) is 36.3 Å². The van der Waals surface area contributed by atoms with E-state index in [2.05, 4.69) is 29.3 Å². The average Bonchev–Trinajstić information content (AvgIpc) is 2.57. The molecule has 1 aromatic rings. The lowest BCUT2D eigenvalue weighted by atomic mass is 10.5. The van der Waals surface area contributed by atoms with Gasteiger partial charge in [-0.3, -0.25) is 0 Å².